The fourth-order valence-corrected chi connectivity index (χ4v) is 5.63. The van der Waals surface area contributed by atoms with Crippen LogP contribution in [-0.4, -0.2) is 23.1 Å². The molecule has 0 bridgehead atoms. The molecule has 0 atom stereocenters. The summed E-state index contributed by atoms with van der Waals surface area (Å²) in [4.78, 5) is 0.571. The smallest absolute Gasteiger partial charge is 0.306 e. The second kappa shape index (κ2) is 6.52. The molecule has 1 saturated carbocycles. The predicted octanol–water partition coefficient (Wildman–Crippen LogP) is 3.51. The lowest BCUT2D eigenvalue weighted by Gasteiger charge is -2.21. The Morgan fingerprint density at radius 1 is 1.17 bits per heavy atom. The summed E-state index contributed by atoms with van der Waals surface area (Å²) in [6, 6.07) is 4.38. The van der Waals surface area contributed by atoms with Crippen LogP contribution in [0.3, 0.4) is 0 Å². The minimum Gasteiger partial charge on any atom is -0.383 e. The number of sulfone groups is 1. The van der Waals surface area contributed by atoms with Gasteiger partial charge in [-0.1, -0.05) is 32.1 Å². The van der Waals surface area contributed by atoms with Crippen molar-refractivity contribution in [2.45, 2.75) is 49.8 Å². The van der Waals surface area contributed by atoms with Crippen molar-refractivity contribution in [2.75, 3.05) is 6.26 Å². The normalized spacial score (nSPS) is 20.5. The second-order valence-electron chi connectivity index (χ2n) is 6.64. The molecule has 0 radical (unpaired) electrons. The zero-order valence-corrected chi connectivity index (χ0v) is 15.3. The van der Waals surface area contributed by atoms with E-state index in [1.807, 2.05) is 0 Å². The summed E-state index contributed by atoms with van der Waals surface area (Å²) in [7, 11) is -7.22. The van der Waals surface area contributed by atoms with Crippen LogP contribution in [0.1, 0.15) is 50.5 Å². The molecule has 0 unspecified atom stereocenters. The van der Waals surface area contributed by atoms with E-state index in [9.17, 15) is 16.8 Å². The molecule has 0 amide bonds. The molecule has 7 heteroatoms. The number of rotatable bonds is 5. The van der Waals surface area contributed by atoms with Gasteiger partial charge < -0.3 is 4.18 Å². The van der Waals surface area contributed by atoms with Crippen molar-refractivity contribution < 1.29 is 21.0 Å². The molecule has 5 nitrogen and oxygen atoms in total. The highest BCUT2D eigenvalue weighted by atomic mass is 32.2. The first-order valence-electron chi connectivity index (χ1n) is 8.25. The van der Waals surface area contributed by atoms with E-state index in [1.165, 1.54) is 44.2 Å². The van der Waals surface area contributed by atoms with Gasteiger partial charge >= 0.3 is 10.1 Å². The minimum atomic E-state index is -3.68. The highest BCUT2D eigenvalue weighted by Gasteiger charge is 2.30. The molecule has 2 aliphatic rings. The van der Waals surface area contributed by atoms with Gasteiger partial charge in [0.1, 0.15) is 5.75 Å². The molecule has 1 heterocycles. The monoisotopic (exact) mass is 370 g/mol. The van der Waals surface area contributed by atoms with Gasteiger partial charge in [0, 0.05) is 11.0 Å². The Kier molecular flexibility index (Phi) is 4.75. The first-order chi connectivity index (χ1) is 11.3. The predicted molar refractivity (Wildman–Crippen MR) is 92.9 cm³/mol. The number of benzene rings is 1. The molecular weight excluding hydrogens is 348 g/mol. The molecule has 0 spiro atoms. The quantitative estimate of drug-likeness (QED) is 0.741. The zero-order valence-electron chi connectivity index (χ0n) is 13.7. The molecule has 132 valence electrons. The van der Waals surface area contributed by atoms with E-state index in [0.717, 1.165) is 12.7 Å². The minimum absolute atomic E-state index is 0.0294. The van der Waals surface area contributed by atoms with Crippen LogP contribution >= 0.6 is 0 Å². The Hall–Kier alpha value is -1.34. The summed E-state index contributed by atoms with van der Waals surface area (Å²) in [6.45, 7) is 0. The summed E-state index contributed by atoms with van der Waals surface area (Å²) in [5, 5.41) is 0. The van der Waals surface area contributed by atoms with E-state index in [1.54, 1.807) is 12.1 Å². The fourth-order valence-electron chi connectivity index (χ4n) is 3.51. The summed E-state index contributed by atoms with van der Waals surface area (Å²) in [5.74, 6) is 0.643. The lowest BCUT2D eigenvalue weighted by Crippen LogP contribution is -2.09. The van der Waals surface area contributed by atoms with Gasteiger partial charge in [-0.2, -0.15) is 8.42 Å². The van der Waals surface area contributed by atoms with Gasteiger partial charge in [-0.05, 0) is 42.5 Å². The van der Waals surface area contributed by atoms with Crippen LogP contribution in [-0.2, 0) is 20.0 Å². The van der Waals surface area contributed by atoms with Crippen molar-refractivity contribution in [3.63, 3.8) is 0 Å². The van der Waals surface area contributed by atoms with E-state index >= 15 is 0 Å². The standard InChI is InChI=1S/C17H22O5S2/c1-23(18,19)22-15-9-8-14-11-16(24(20,21)17(14)12-15)10-7-13-5-3-2-4-6-13/h8-9,11-13H,2-7,10H2,1H3. The molecule has 3 rings (SSSR count). The van der Waals surface area contributed by atoms with E-state index in [-0.39, 0.29) is 10.6 Å². The molecule has 0 saturated heterocycles. The van der Waals surface area contributed by atoms with Crippen LogP contribution in [0.2, 0.25) is 0 Å². The van der Waals surface area contributed by atoms with Crippen molar-refractivity contribution in [2.24, 2.45) is 5.92 Å². The second-order valence-corrected chi connectivity index (χ2v) is 10.2. The summed E-state index contributed by atoms with van der Waals surface area (Å²) < 4.78 is 52.6. The zero-order chi connectivity index (χ0) is 17.4. The van der Waals surface area contributed by atoms with Gasteiger partial charge in [-0.15, -0.1) is 0 Å². The Balaban J connectivity index is 1.77. The average Bonchev–Trinajstić information content (AvgIpc) is 2.76. The summed E-state index contributed by atoms with van der Waals surface area (Å²) in [6.07, 6.45) is 10.2. The third kappa shape index (κ3) is 3.83. The van der Waals surface area contributed by atoms with Crippen LogP contribution in [0.5, 0.6) is 5.75 Å². The topological polar surface area (TPSA) is 77.5 Å². The van der Waals surface area contributed by atoms with Crippen LogP contribution in [0, 0.1) is 5.92 Å². The molecule has 0 aromatic heterocycles. The third-order valence-corrected chi connectivity index (χ3v) is 7.15. The maximum atomic E-state index is 12.7. The Morgan fingerprint density at radius 2 is 1.88 bits per heavy atom. The van der Waals surface area contributed by atoms with Gasteiger partial charge in [0.2, 0.25) is 9.84 Å². The third-order valence-electron chi connectivity index (χ3n) is 4.71. The number of hydrogen-bond acceptors (Lipinski definition) is 5. The molecule has 1 aliphatic heterocycles. The Labute approximate surface area is 143 Å². The van der Waals surface area contributed by atoms with E-state index in [4.69, 9.17) is 4.18 Å². The van der Waals surface area contributed by atoms with E-state index in [0.29, 0.717) is 22.8 Å². The molecule has 24 heavy (non-hydrogen) atoms. The first kappa shape index (κ1) is 17.5. The Bertz CT molecular complexity index is 860. The first-order valence-corrected chi connectivity index (χ1v) is 11.5. The maximum absolute atomic E-state index is 12.7. The van der Waals surface area contributed by atoms with Crippen molar-refractivity contribution in [3.8, 4) is 5.75 Å². The van der Waals surface area contributed by atoms with Crippen molar-refractivity contribution in [3.05, 3.63) is 28.7 Å². The van der Waals surface area contributed by atoms with E-state index in [2.05, 4.69) is 0 Å². The molecule has 0 N–H and O–H groups in total. The largest absolute Gasteiger partial charge is 0.383 e. The number of fused-ring (bicyclic) bond motifs is 1. The number of allylic oxidation sites excluding steroid dienone is 1. The summed E-state index contributed by atoms with van der Waals surface area (Å²) in [5.41, 5.74) is 0.606. The molecule has 1 aromatic carbocycles. The lowest BCUT2D eigenvalue weighted by molar-refractivity contribution is 0.340. The number of hydrogen-bond donors (Lipinski definition) is 0. The van der Waals surface area contributed by atoms with Crippen LogP contribution in [0.15, 0.2) is 28.0 Å². The van der Waals surface area contributed by atoms with Crippen molar-refractivity contribution >= 4 is 26.0 Å². The molecule has 1 fully saturated rings. The molecular formula is C17H22O5S2. The van der Waals surface area contributed by atoms with Crippen LogP contribution < -0.4 is 4.18 Å². The van der Waals surface area contributed by atoms with Crippen molar-refractivity contribution in [1.82, 2.24) is 0 Å². The van der Waals surface area contributed by atoms with Crippen LogP contribution in [0.4, 0.5) is 0 Å². The van der Waals surface area contributed by atoms with Gasteiger partial charge in [-0.3, -0.25) is 0 Å². The van der Waals surface area contributed by atoms with Gasteiger partial charge in [-0.25, -0.2) is 8.42 Å². The highest BCUT2D eigenvalue weighted by Crippen LogP contribution is 2.39. The Morgan fingerprint density at radius 3 is 2.54 bits per heavy atom. The van der Waals surface area contributed by atoms with Crippen LogP contribution in [0.25, 0.3) is 6.08 Å². The average molecular weight is 370 g/mol. The van der Waals surface area contributed by atoms with Crippen molar-refractivity contribution in [1.29, 1.82) is 0 Å². The highest BCUT2D eigenvalue weighted by molar-refractivity contribution is 7.95. The van der Waals surface area contributed by atoms with Gasteiger partial charge in [0.05, 0.1) is 11.2 Å². The molecule has 1 aliphatic carbocycles. The summed E-state index contributed by atoms with van der Waals surface area (Å²) >= 11 is 0. The fraction of sp³-hybridized carbons (Fsp3) is 0.529. The van der Waals surface area contributed by atoms with Gasteiger partial charge in [0.25, 0.3) is 0 Å². The SMILES string of the molecule is CS(=O)(=O)Oc1ccc2c(c1)S(=O)(=O)C(CCC1CCCCC1)=C2. The van der Waals surface area contributed by atoms with E-state index < -0.39 is 20.0 Å². The lowest BCUT2D eigenvalue weighted by atomic mass is 9.86. The van der Waals surface area contributed by atoms with Gasteiger partial charge in [0.15, 0.2) is 0 Å². The maximum Gasteiger partial charge on any atom is 0.306 e. The molecule has 1 aromatic rings.